The maximum absolute atomic E-state index is 13.9. The van der Waals surface area contributed by atoms with Crippen LogP contribution < -0.4 is 15.5 Å². The third-order valence-corrected chi connectivity index (χ3v) is 9.42. The predicted molar refractivity (Wildman–Crippen MR) is 144 cm³/mol. The van der Waals surface area contributed by atoms with Crippen LogP contribution in [0.2, 0.25) is 0 Å². The van der Waals surface area contributed by atoms with Crippen LogP contribution in [0.15, 0.2) is 46.9 Å². The first-order chi connectivity index (χ1) is 16.6. The zero-order chi connectivity index (χ0) is 25.6. The van der Waals surface area contributed by atoms with Crippen molar-refractivity contribution in [2.75, 3.05) is 38.0 Å². The Labute approximate surface area is 214 Å². The van der Waals surface area contributed by atoms with Gasteiger partial charge in [0.15, 0.2) is 16.0 Å². The number of thioether (sulfide) groups is 1. The number of aliphatic hydroxyl groups excluding tert-OH is 1. The van der Waals surface area contributed by atoms with E-state index in [0.717, 1.165) is 27.3 Å². The molecular weight excluding hydrogens is 505 g/mol. The van der Waals surface area contributed by atoms with E-state index in [9.17, 15) is 14.5 Å². The summed E-state index contributed by atoms with van der Waals surface area (Å²) in [6.45, 7) is 5.47. The van der Waals surface area contributed by atoms with Crippen LogP contribution in [-0.2, 0) is 20.4 Å². The second-order valence-electron chi connectivity index (χ2n) is 8.82. The third-order valence-electron chi connectivity index (χ3n) is 5.15. The van der Waals surface area contributed by atoms with Gasteiger partial charge >= 0.3 is 7.52 Å². The molecule has 0 bridgehead atoms. The van der Waals surface area contributed by atoms with E-state index in [4.69, 9.17) is 8.94 Å². The molecular formula is C24H32N3O5PS2. The zero-order valence-electron chi connectivity index (χ0n) is 20.6. The summed E-state index contributed by atoms with van der Waals surface area (Å²) in [5.74, 6) is 0.811. The van der Waals surface area contributed by atoms with Gasteiger partial charge in [-0.3, -0.25) is 9.36 Å². The van der Waals surface area contributed by atoms with Gasteiger partial charge in [-0.2, -0.15) is 0 Å². The zero-order valence-corrected chi connectivity index (χ0v) is 23.1. The average Bonchev–Trinajstić information content (AvgIpc) is 3.48. The van der Waals surface area contributed by atoms with Crippen molar-refractivity contribution in [3.8, 4) is 11.5 Å². The molecule has 2 aromatic heterocycles. The quantitative estimate of drug-likeness (QED) is 0.252. The lowest BCUT2D eigenvalue weighted by molar-refractivity contribution is -0.119. The van der Waals surface area contributed by atoms with Crippen LogP contribution in [0, 0.1) is 12.3 Å². The summed E-state index contributed by atoms with van der Waals surface area (Å²) in [6, 6.07) is 13.0. The Morgan fingerprint density at radius 3 is 2.60 bits per heavy atom. The number of carbonyl (C=O) groups is 1. The summed E-state index contributed by atoms with van der Waals surface area (Å²) < 4.78 is 25.8. The Bertz CT molecular complexity index is 1180. The number of thiazole rings is 1. The van der Waals surface area contributed by atoms with Crippen LogP contribution in [0.4, 0.5) is 5.13 Å². The molecule has 0 saturated heterocycles. The molecule has 0 amide bonds. The fourth-order valence-corrected chi connectivity index (χ4v) is 6.32. The van der Waals surface area contributed by atoms with Crippen molar-refractivity contribution < 1.29 is 23.4 Å². The highest BCUT2D eigenvalue weighted by Crippen LogP contribution is 2.44. The molecule has 3 aromatic rings. The number of hydrogen-bond donors (Lipinski definition) is 2. The highest BCUT2D eigenvalue weighted by atomic mass is 32.2. The van der Waals surface area contributed by atoms with Crippen LogP contribution in [0.3, 0.4) is 0 Å². The summed E-state index contributed by atoms with van der Waals surface area (Å²) in [5.41, 5.74) is 0.997. The first-order valence-electron chi connectivity index (χ1n) is 11.1. The minimum Gasteiger partial charge on any atom is -0.448 e. The fourth-order valence-electron chi connectivity index (χ4n) is 2.95. The summed E-state index contributed by atoms with van der Waals surface area (Å²) in [4.78, 5) is 19.8. The molecule has 190 valence electrons. The molecule has 8 nitrogen and oxygen atoms in total. The molecule has 1 unspecified atom stereocenters. The van der Waals surface area contributed by atoms with Gasteiger partial charge < -0.3 is 18.9 Å². The SMILES string of the molecule is Cc1sc(N(C)C)nc1-c1ccc(P(=O)(NCc2ccccc2)OCCSC(=O)C(C)(C)CO)o1. The van der Waals surface area contributed by atoms with E-state index >= 15 is 0 Å². The van der Waals surface area contributed by atoms with Gasteiger partial charge in [0.2, 0.25) is 5.50 Å². The molecule has 1 atom stereocenters. The highest BCUT2D eigenvalue weighted by molar-refractivity contribution is 8.13. The Morgan fingerprint density at radius 1 is 1.26 bits per heavy atom. The Hall–Kier alpha value is -1.94. The lowest BCUT2D eigenvalue weighted by Gasteiger charge is -2.20. The number of hydrogen-bond acceptors (Lipinski definition) is 9. The van der Waals surface area contributed by atoms with Gasteiger partial charge in [-0.1, -0.05) is 42.1 Å². The molecule has 0 aliphatic rings. The number of furan rings is 1. The van der Waals surface area contributed by atoms with E-state index in [1.165, 1.54) is 0 Å². The molecule has 0 aliphatic heterocycles. The molecule has 2 heterocycles. The summed E-state index contributed by atoms with van der Waals surface area (Å²) >= 11 is 2.60. The van der Waals surface area contributed by atoms with E-state index in [-0.39, 0.29) is 23.8 Å². The number of carbonyl (C=O) groups excluding carboxylic acids is 1. The first kappa shape index (κ1) is 27.6. The molecule has 3 rings (SSSR count). The van der Waals surface area contributed by atoms with Crippen molar-refractivity contribution in [3.05, 3.63) is 52.9 Å². The maximum Gasteiger partial charge on any atom is 0.334 e. The molecule has 0 fully saturated rings. The molecule has 0 saturated carbocycles. The molecule has 0 spiro atoms. The molecule has 0 aliphatic carbocycles. The molecule has 35 heavy (non-hydrogen) atoms. The maximum atomic E-state index is 13.9. The van der Waals surface area contributed by atoms with Crippen molar-refractivity contribution in [2.24, 2.45) is 5.41 Å². The number of nitrogens with zero attached hydrogens (tertiary/aromatic N) is 2. The van der Waals surface area contributed by atoms with E-state index in [0.29, 0.717) is 23.8 Å². The molecule has 1 aromatic carbocycles. The van der Waals surface area contributed by atoms with Crippen molar-refractivity contribution in [1.29, 1.82) is 0 Å². The predicted octanol–water partition coefficient (Wildman–Crippen LogP) is 4.68. The lowest BCUT2D eigenvalue weighted by Crippen LogP contribution is -2.26. The number of rotatable bonds is 12. The largest absolute Gasteiger partial charge is 0.448 e. The second kappa shape index (κ2) is 11.9. The minimum atomic E-state index is -3.60. The third kappa shape index (κ3) is 7.06. The Balaban J connectivity index is 1.78. The second-order valence-corrected chi connectivity index (χ2v) is 13.2. The van der Waals surface area contributed by atoms with Gasteiger partial charge in [-0.25, -0.2) is 10.1 Å². The van der Waals surface area contributed by atoms with Crippen molar-refractivity contribution in [1.82, 2.24) is 10.1 Å². The van der Waals surface area contributed by atoms with Crippen LogP contribution in [-0.4, -0.2) is 48.3 Å². The van der Waals surface area contributed by atoms with E-state index < -0.39 is 12.9 Å². The topological polar surface area (TPSA) is 105 Å². The van der Waals surface area contributed by atoms with Crippen molar-refractivity contribution >= 4 is 46.4 Å². The molecule has 11 heteroatoms. The number of benzene rings is 1. The Morgan fingerprint density at radius 2 is 1.97 bits per heavy atom. The summed E-state index contributed by atoms with van der Waals surface area (Å²) in [7, 11) is 0.255. The smallest absolute Gasteiger partial charge is 0.334 e. The van der Waals surface area contributed by atoms with Gasteiger partial charge in [-0.05, 0) is 38.5 Å². The van der Waals surface area contributed by atoms with Crippen LogP contribution in [0.25, 0.3) is 11.5 Å². The lowest BCUT2D eigenvalue weighted by atomic mass is 9.97. The Kier molecular flexibility index (Phi) is 9.37. The normalized spacial score (nSPS) is 13.5. The molecule has 0 radical (unpaired) electrons. The summed E-state index contributed by atoms with van der Waals surface area (Å²) in [5, 5.41) is 13.1. The van der Waals surface area contributed by atoms with E-state index in [1.54, 1.807) is 37.3 Å². The highest BCUT2D eigenvalue weighted by Gasteiger charge is 2.32. The van der Waals surface area contributed by atoms with E-state index in [1.807, 2.05) is 56.3 Å². The minimum absolute atomic E-state index is 0.0630. The van der Waals surface area contributed by atoms with Gasteiger partial charge in [0.25, 0.3) is 0 Å². The van der Waals surface area contributed by atoms with Crippen LogP contribution >= 0.6 is 30.6 Å². The van der Waals surface area contributed by atoms with Gasteiger partial charge in [0.1, 0.15) is 5.69 Å². The molecule has 2 N–H and O–H groups in total. The van der Waals surface area contributed by atoms with Gasteiger partial charge in [-0.15, -0.1) is 11.3 Å². The van der Waals surface area contributed by atoms with Gasteiger partial charge in [0, 0.05) is 31.3 Å². The number of nitrogens with one attached hydrogen (secondary N) is 1. The van der Waals surface area contributed by atoms with Crippen LogP contribution in [0.5, 0.6) is 0 Å². The number of anilines is 1. The fraction of sp³-hybridized carbons (Fsp3) is 0.417. The summed E-state index contributed by atoms with van der Waals surface area (Å²) in [6.07, 6.45) is 0. The first-order valence-corrected chi connectivity index (χ1v) is 14.6. The van der Waals surface area contributed by atoms with Crippen LogP contribution in [0.1, 0.15) is 24.3 Å². The average molecular weight is 538 g/mol. The number of aliphatic hydroxyl groups is 1. The van der Waals surface area contributed by atoms with Gasteiger partial charge in [0.05, 0.1) is 18.6 Å². The monoisotopic (exact) mass is 537 g/mol. The number of aryl methyl sites for hydroxylation is 1. The van der Waals surface area contributed by atoms with E-state index in [2.05, 4.69) is 10.1 Å². The van der Waals surface area contributed by atoms with Crippen molar-refractivity contribution in [3.63, 3.8) is 0 Å². The van der Waals surface area contributed by atoms with Crippen molar-refractivity contribution in [2.45, 2.75) is 27.3 Å². The standard InChI is InChI=1S/C24H32N3O5PS2/c1-17-21(26-23(35-17)27(4)5)19-11-12-20(32-19)33(30,25-15-18-9-7-6-8-10-18)31-13-14-34-22(29)24(2,3)16-28/h6-12,28H,13-16H2,1-5H3,(H,25,30). The number of aromatic nitrogens is 1.